The fourth-order valence-electron chi connectivity index (χ4n) is 4.03. The largest absolute Gasteiger partial charge is 0.369 e. The molecule has 0 aromatic carbocycles. The van der Waals surface area contributed by atoms with Gasteiger partial charge < -0.3 is 25.8 Å². The molecule has 2 aliphatic heterocycles. The van der Waals surface area contributed by atoms with Crippen LogP contribution in [0.4, 0.5) is 5.82 Å². The van der Waals surface area contributed by atoms with Crippen LogP contribution in [0.1, 0.15) is 32.3 Å². The Bertz CT molecular complexity index is 773. The number of rotatable bonds is 5. The number of nitrogens with zero attached hydrogens (tertiary/aromatic N) is 5. The molecule has 0 bridgehead atoms. The zero-order chi connectivity index (χ0) is 21.5. The number of hydrogen-bond donors (Lipinski definition) is 2. The van der Waals surface area contributed by atoms with E-state index in [4.69, 9.17) is 10.7 Å². The number of carbonyl (C=O) groups is 2. The lowest BCUT2D eigenvalue weighted by atomic mass is 9.96. The van der Waals surface area contributed by atoms with E-state index in [-0.39, 0.29) is 41.7 Å². The van der Waals surface area contributed by atoms with Gasteiger partial charge >= 0.3 is 0 Å². The first kappa shape index (κ1) is 25.2. The van der Waals surface area contributed by atoms with E-state index in [0.717, 1.165) is 62.9 Å². The second-order valence-corrected chi connectivity index (χ2v) is 7.81. The second kappa shape index (κ2) is 12.1. The van der Waals surface area contributed by atoms with Gasteiger partial charge in [0.15, 0.2) is 5.96 Å². The van der Waals surface area contributed by atoms with Gasteiger partial charge in [-0.05, 0) is 25.8 Å². The van der Waals surface area contributed by atoms with Crippen molar-refractivity contribution in [2.24, 2.45) is 16.6 Å². The molecule has 0 spiro atoms. The van der Waals surface area contributed by atoms with E-state index in [0.29, 0.717) is 19.6 Å². The lowest BCUT2D eigenvalue weighted by Gasteiger charge is -2.36. The fraction of sp³-hybridized carbons (Fsp3) is 0.619. The molecule has 3 rings (SSSR count). The molecule has 10 heteroatoms. The molecule has 9 nitrogen and oxygen atoms in total. The second-order valence-electron chi connectivity index (χ2n) is 7.81. The van der Waals surface area contributed by atoms with Crippen LogP contribution in [0, 0.1) is 5.92 Å². The van der Waals surface area contributed by atoms with Crippen LogP contribution in [-0.2, 0) is 16.1 Å². The quantitative estimate of drug-likeness (QED) is 0.327. The van der Waals surface area contributed by atoms with Crippen molar-refractivity contribution in [1.29, 1.82) is 0 Å². The highest BCUT2D eigenvalue weighted by atomic mass is 127. The van der Waals surface area contributed by atoms with Gasteiger partial charge in [0.2, 0.25) is 11.8 Å². The maximum Gasteiger partial charge on any atom is 0.220 e. The van der Waals surface area contributed by atoms with E-state index in [1.807, 2.05) is 11.0 Å². The molecule has 2 saturated heterocycles. The third-order valence-electron chi connectivity index (χ3n) is 5.82. The van der Waals surface area contributed by atoms with Crippen molar-refractivity contribution in [3.8, 4) is 0 Å². The minimum Gasteiger partial charge on any atom is -0.369 e. The summed E-state index contributed by atoms with van der Waals surface area (Å²) >= 11 is 0. The van der Waals surface area contributed by atoms with Crippen LogP contribution in [0.2, 0.25) is 0 Å². The van der Waals surface area contributed by atoms with Crippen LogP contribution in [0.5, 0.6) is 0 Å². The number of anilines is 1. The zero-order valence-corrected chi connectivity index (χ0v) is 20.7. The smallest absolute Gasteiger partial charge is 0.220 e. The summed E-state index contributed by atoms with van der Waals surface area (Å²) in [5.74, 6) is 1.67. The molecule has 2 amide bonds. The predicted octanol–water partition coefficient (Wildman–Crippen LogP) is 1.03. The molecule has 3 N–H and O–H groups in total. The molecular formula is C21H34IN7O2. The average molecular weight is 543 g/mol. The number of nitrogens with two attached hydrogens (primary N) is 1. The third kappa shape index (κ3) is 6.68. The van der Waals surface area contributed by atoms with Gasteiger partial charge in [-0.1, -0.05) is 6.07 Å². The number of nitrogens with one attached hydrogen (secondary N) is 1. The third-order valence-corrected chi connectivity index (χ3v) is 5.82. The van der Waals surface area contributed by atoms with Gasteiger partial charge in [-0.25, -0.2) is 9.98 Å². The van der Waals surface area contributed by atoms with Crippen molar-refractivity contribution < 1.29 is 9.59 Å². The van der Waals surface area contributed by atoms with E-state index in [1.54, 1.807) is 13.1 Å². The van der Waals surface area contributed by atoms with Gasteiger partial charge in [0, 0.05) is 70.4 Å². The first-order valence-electron chi connectivity index (χ1n) is 10.8. The van der Waals surface area contributed by atoms with Crippen molar-refractivity contribution in [3.63, 3.8) is 0 Å². The Morgan fingerprint density at radius 1 is 1.16 bits per heavy atom. The van der Waals surface area contributed by atoms with Crippen molar-refractivity contribution >= 4 is 47.6 Å². The van der Waals surface area contributed by atoms with Crippen molar-refractivity contribution in [2.75, 3.05) is 50.7 Å². The molecule has 0 atom stereocenters. The summed E-state index contributed by atoms with van der Waals surface area (Å²) in [4.78, 5) is 38.8. The number of primary amides is 1. The van der Waals surface area contributed by atoms with E-state index in [9.17, 15) is 9.59 Å². The SMILES string of the molecule is CCNC(=NCc1cccnc1N1CCC(C(N)=O)CC1)N1CCN(C(C)=O)CC1.I. The van der Waals surface area contributed by atoms with Gasteiger partial charge in [0.1, 0.15) is 5.82 Å². The molecule has 1 aromatic rings. The molecule has 0 radical (unpaired) electrons. The average Bonchev–Trinajstić information content (AvgIpc) is 2.77. The van der Waals surface area contributed by atoms with Crippen LogP contribution in [-0.4, -0.2) is 78.4 Å². The molecule has 3 heterocycles. The number of pyridine rings is 1. The van der Waals surface area contributed by atoms with Crippen molar-refractivity contribution in [2.45, 2.75) is 33.2 Å². The van der Waals surface area contributed by atoms with Crippen molar-refractivity contribution in [3.05, 3.63) is 23.9 Å². The number of guanidine groups is 1. The van der Waals surface area contributed by atoms with Crippen LogP contribution < -0.4 is 16.0 Å². The van der Waals surface area contributed by atoms with Crippen LogP contribution >= 0.6 is 24.0 Å². The normalized spacial score (nSPS) is 17.9. The lowest BCUT2D eigenvalue weighted by Crippen LogP contribution is -2.53. The molecular weight excluding hydrogens is 509 g/mol. The molecule has 0 aliphatic carbocycles. The number of carbonyl (C=O) groups excluding carboxylic acids is 2. The van der Waals surface area contributed by atoms with Gasteiger partial charge in [-0.15, -0.1) is 24.0 Å². The number of amides is 2. The highest BCUT2D eigenvalue weighted by molar-refractivity contribution is 14.0. The summed E-state index contributed by atoms with van der Waals surface area (Å²) < 4.78 is 0. The fourth-order valence-corrected chi connectivity index (χ4v) is 4.03. The Labute approximate surface area is 201 Å². The standard InChI is InChI=1S/C21H33N7O2.HI/c1-3-23-21(28-13-11-26(12-14-28)16(2)29)25-15-18-5-4-8-24-20(18)27-9-6-17(7-10-27)19(22)30;/h4-5,8,17H,3,6-7,9-15H2,1-2H3,(H2,22,30)(H,23,25);1H. The molecule has 31 heavy (non-hydrogen) atoms. The number of aromatic nitrogens is 1. The maximum absolute atomic E-state index is 11.6. The molecule has 0 saturated carbocycles. The number of halogens is 1. The first-order valence-corrected chi connectivity index (χ1v) is 10.8. The number of piperazine rings is 1. The number of aliphatic imine (C=N–C) groups is 1. The van der Waals surface area contributed by atoms with Gasteiger partial charge in [-0.2, -0.15) is 0 Å². The minimum absolute atomic E-state index is 0. The Kier molecular flexibility index (Phi) is 9.79. The van der Waals surface area contributed by atoms with E-state index in [1.165, 1.54) is 0 Å². The highest BCUT2D eigenvalue weighted by Crippen LogP contribution is 2.25. The minimum atomic E-state index is -0.208. The Hall–Kier alpha value is -2.11. The summed E-state index contributed by atoms with van der Waals surface area (Å²) in [5, 5.41) is 3.37. The lowest BCUT2D eigenvalue weighted by molar-refractivity contribution is -0.130. The van der Waals surface area contributed by atoms with Gasteiger partial charge in [0.25, 0.3) is 0 Å². The molecule has 1 aromatic heterocycles. The first-order chi connectivity index (χ1) is 14.5. The van der Waals surface area contributed by atoms with Gasteiger partial charge in [0.05, 0.1) is 6.54 Å². The van der Waals surface area contributed by atoms with Crippen LogP contribution in [0.15, 0.2) is 23.3 Å². The summed E-state index contributed by atoms with van der Waals surface area (Å²) in [7, 11) is 0. The molecule has 2 fully saturated rings. The summed E-state index contributed by atoms with van der Waals surface area (Å²) in [5.41, 5.74) is 6.53. The van der Waals surface area contributed by atoms with Gasteiger partial charge in [-0.3, -0.25) is 9.59 Å². The van der Waals surface area contributed by atoms with Crippen LogP contribution in [0.25, 0.3) is 0 Å². The van der Waals surface area contributed by atoms with E-state index < -0.39 is 0 Å². The van der Waals surface area contributed by atoms with Crippen molar-refractivity contribution in [1.82, 2.24) is 20.1 Å². The van der Waals surface area contributed by atoms with E-state index in [2.05, 4.69) is 33.1 Å². The highest BCUT2D eigenvalue weighted by Gasteiger charge is 2.25. The summed E-state index contributed by atoms with van der Waals surface area (Å²) in [6.45, 7) is 9.49. The maximum atomic E-state index is 11.6. The molecule has 2 aliphatic rings. The predicted molar refractivity (Wildman–Crippen MR) is 132 cm³/mol. The van der Waals surface area contributed by atoms with E-state index >= 15 is 0 Å². The topological polar surface area (TPSA) is 107 Å². The number of piperidine rings is 1. The Morgan fingerprint density at radius 3 is 2.39 bits per heavy atom. The molecule has 172 valence electrons. The zero-order valence-electron chi connectivity index (χ0n) is 18.4. The monoisotopic (exact) mass is 543 g/mol. The summed E-state index contributed by atoms with van der Waals surface area (Å²) in [6, 6.07) is 3.99. The van der Waals surface area contributed by atoms with Crippen LogP contribution in [0.3, 0.4) is 0 Å². The summed E-state index contributed by atoms with van der Waals surface area (Å²) in [6.07, 6.45) is 3.32. The Balaban J connectivity index is 0.00000341. The molecule has 0 unspecified atom stereocenters. The number of hydrogen-bond acceptors (Lipinski definition) is 5. The Morgan fingerprint density at radius 2 is 1.81 bits per heavy atom.